The summed E-state index contributed by atoms with van der Waals surface area (Å²) in [6, 6.07) is 4.65. The molecule has 1 unspecified atom stereocenters. The van der Waals surface area contributed by atoms with E-state index in [1.54, 1.807) is 34.7 Å². The molecule has 1 rings (SSSR count). The van der Waals surface area contributed by atoms with Crippen LogP contribution in [0.2, 0.25) is 0 Å². The normalized spacial score (nSPS) is 11.6. The van der Waals surface area contributed by atoms with E-state index in [1.807, 2.05) is 0 Å². The lowest BCUT2D eigenvalue weighted by Crippen LogP contribution is -3.06. The van der Waals surface area contributed by atoms with Crippen molar-refractivity contribution < 1.29 is 24.4 Å². The number of carbonyl (C=O) groups is 1. The molecule has 0 aliphatic rings. The second kappa shape index (κ2) is 8.72. The van der Waals surface area contributed by atoms with Gasteiger partial charge in [0, 0.05) is 41.3 Å². The number of nitrogens with one attached hydrogen (secondary N) is 1. The van der Waals surface area contributed by atoms with E-state index in [0.717, 1.165) is 0 Å². The molecule has 0 saturated carbocycles. The van der Waals surface area contributed by atoms with Crippen molar-refractivity contribution >= 4 is 33.1 Å². The van der Waals surface area contributed by atoms with E-state index in [9.17, 15) is 10.0 Å². The molecule has 8 heteroatoms. The van der Waals surface area contributed by atoms with Crippen LogP contribution in [0.25, 0.3) is 0 Å². The highest BCUT2D eigenvalue weighted by molar-refractivity contribution is 14.1. The molecule has 110 valence electrons. The molecule has 20 heavy (non-hydrogen) atoms. The van der Waals surface area contributed by atoms with Gasteiger partial charge in [0.05, 0.1) is 6.61 Å². The highest BCUT2D eigenvalue weighted by Gasteiger charge is 2.12. The Morgan fingerprint density at radius 1 is 1.45 bits per heavy atom. The maximum atomic E-state index is 11.3. The lowest BCUT2D eigenvalue weighted by Gasteiger charge is -2.17. The van der Waals surface area contributed by atoms with Gasteiger partial charge in [0.25, 0.3) is 0 Å². The molecule has 0 heterocycles. The summed E-state index contributed by atoms with van der Waals surface area (Å²) in [4.78, 5) is 21.1. The molecule has 0 bridgehead atoms. The number of rotatable bonds is 9. The fourth-order valence-corrected chi connectivity index (χ4v) is 1.69. The topological polar surface area (TPSA) is 84.6 Å². The smallest absolute Gasteiger partial charge is 0.232 e. The van der Waals surface area contributed by atoms with E-state index in [-0.39, 0.29) is 9.54 Å². The predicted octanol–water partition coefficient (Wildman–Crippen LogP) is 0.969. The Bertz CT molecular complexity index is 467. The predicted molar refractivity (Wildman–Crippen MR) is 81.3 cm³/mol. The number of carbonyl (C=O) groups excluding carboxylic acids is 1. The molecule has 0 fully saturated rings. The summed E-state index contributed by atoms with van der Waals surface area (Å²) in [5.41, 5.74) is 0.473. The molecule has 1 atom stereocenters. The van der Waals surface area contributed by atoms with Gasteiger partial charge in [0.15, 0.2) is 5.75 Å². The monoisotopic (exact) mass is 394 g/mol. The van der Waals surface area contributed by atoms with Crippen molar-refractivity contribution in [3.63, 3.8) is 0 Å². The van der Waals surface area contributed by atoms with Gasteiger partial charge in [-0.2, -0.15) is 5.23 Å². The van der Waals surface area contributed by atoms with Crippen molar-refractivity contribution in [2.24, 2.45) is 5.16 Å². The Labute approximate surface area is 130 Å². The van der Waals surface area contributed by atoms with Crippen molar-refractivity contribution in [3.8, 4) is 11.5 Å². The second-order valence-electron chi connectivity index (χ2n) is 3.69. The highest BCUT2D eigenvalue weighted by Crippen LogP contribution is 2.28. The first-order chi connectivity index (χ1) is 9.54. The van der Waals surface area contributed by atoms with Crippen LogP contribution >= 0.6 is 22.6 Å². The second-order valence-corrected chi connectivity index (χ2v) is 4.67. The van der Waals surface area contributed by atoms with Gasteiger partial charge in [-0.15, -0.1) is 5.16 Å². The summed E-state index contributed by atoms with van der Waals surface area (Å²) in [5.74, 6) is 0.621. The van der Waals surface area contributed by atoms with Crippen LogP contribution in [0.15, 0.2) is 23.4 Å². The van der Waals surface area contributed by atoms with Gasteiger partial charge < -0.3 is 19.6 Å². The standard InChI is InChI=1S/C12H15IN2O5/c1-14-19-7-3-6-18-11-8-9(12(13)16)4-5-10(11)20-15(2)17/h4-5,8,15H,1,3,6-7H2,2H3. The number of nitrogens with zero attached hydrogens (tertiary/aromatic N) is 1. The fourth-order valence-electron chi connectivity index (χ4n) is 1.35. The van der Waals surface area contributed by atoms with Crippen molar-refractivity contribution in [1.29, 1.82) is 0 Å². The van der Waals surface area contributed by atoms with Gasteiger partial charge >= 0.3 is 0 Å². The van der Waals surface area contributed by atoms with Crippen LogP contribution in [0.5, 0.6) is 11.5 Å². The van der Waals surface area contributed by atoms with Gasteiger partial charge in [-0.25, -0.2) is 0 Å². The fraction of sp³-hybridized carbons (Fsp3) is 0.333. The van der Waals surface area contributed by atoms with Crippen LogP contribution < -0.4 is 14.8 Å². The van der Waals surface area contributed by atoms with Gasteiger partial charge in [0.2, 0.25) is 9.54 Å². The molecule has 0 saturated heterocycles. The average molecular weight is 394 g/mol. The summed E-state index contributed by atoms with van der Waals surface area (Å²) in [5, 5.41) is 13.8. The van der Waals surface area contributed by atoms with E-state index < -0.39 is 5.23 Å². The summed E-state index contributed by atoms with van der Waals surface area (Å²) in [7, 11) is 1.30. The quantitative estimate of drug-likeness (QED) is 0.222. The van der Waals surface area contributed by atoms with Crippen LogP contribution in [0.1, 0.15) is 16.8 Å². The van der Waals surface area contributed by atoms with Crippen LogP contribution in [-0.2, 0) is 4.84 Å². The van der Waals surface area contributed by atoms with Crippen LogP contribution in [0, 0.1) is 5.21 Å². The van der Waals surface area contributed by atoms with E-state index in [0.29, 0.717) is 30.9 Å². The largest absolute Gasteiger partial charge is 0.591 e. The third-order valence-electron chi connectivity index (χ3n) is 2.15. The van der Waals surface area contributed by atoms with Gasteiger partial charge in [-0.3, -0.25) is 4.79 Å². The zero-order valence-electron chi connectivity index (χ0n) is 10.9. The number of hydrogen-bond donors (Lipinski definition) is 1. The van der Waals surface area contributed by atoms with Crippen molar-refractivity contribution in [3.05, 3.63) is 29.0 Å². The number of hydroxylamine groups is 2. The minimum atomic E-state index is -0.456. The summed E-state index contributed by atoms with van der Waals surface area (Å²) < 4.78 is 5.38. The van der Waals surface area contributed by atoms with Crippen molar-refractivity contribution in [2.75, 3.05) is 20.3 Å². The molecular formula is C12H15IN2O5. The first kappa shape index (κ1) is 16.7. The maximum absolute atomic E-state index is 11.3. The van der Waals surface area contributed by atoms with Gasteiger partial charge in [0.1, 0.15) is 13.7 Å². The van der Waals surface area contributed by atoms with Crippen LogP contribution in [0.3, 0.4) is 0 Å². The minimum Gasteiger partial charge on any atom is -0.591 e. The number of oxime groups is 1. The van der Waals surface area contributed by atoms with E-state index in [1.165, 1.54) is 13.1 Å². The SMILES string of the molecule is C=NOCCCOc1cc(C(=O)I)ccc1O[NH+](C)[O-]. The zero-order valence-corrected chi connectivity index (χ0v) is 13.1. The van der Waals surface area contributed by atoms with Gasteiger partial charge in [-0.1, -0.05) is 0 Å². The van der Waals surface area contributed by atoms with E-state index >= 15 is 0 Å². The number of halogens is 1. The molecule has 1 N–H and O–H groups in total. The minimum absolute atomic E-state index is 0.124. The Morgan fingerprint density at radius 2 is 2.20 bits per heavy atom. The van der Waals surface area contributed by atoms with Crippen molar-refractivity contribution in [2.45, 2.75) is 6.42 Å². The Hall–Kier alpha value is -1.39. The average Bonchev–Trinajstić information content (AvgIpc) is 2.39. The first-order valence-corrected chi connectivity index (χ1v) is 6.85. The van der Waals surface area contributed by atoms with Crippen LogP contribution in [0.4, 0.5) is 0 Å². The molecule has 0 spiro atoms. The molecule has 0 radical (unpaired) electrons. The molecular weight excluding hydrogens is 379 g/mol. The molecule has 0 aliphatic carbocycles. The Balaban J connectivity index is 2.74. The molecule has 1 aromatic carbocycles. The molecule has 0 amide bonds. The summed E-state index contributed by atoms with van der Waals surface area (Å²) >= 11 is 1.68. The third-order valence-corrected chi connectivity index (χ3v) is 2.78. The maximum Gasteiger partial charge on any atom is 0.232 e. The lowest BCUT2D eigenvalue weighted by atomic mass is 10.2. The number of benzene rings is 1. The van der Waals surface area contributed by atoms with Gasteiger partial charge in [-0.05, 0) is 18.2 Å². The number of ether oxygens (including phenoxy) is 1. The van der Waals surface area contributed by atoms with E-state index in [2.05, 4.69) is 11.9 Å². The molecule has 7 nitrogen and oxygen atoms in total. The Morgan fingerprint density at radius 3 is 2.80 bits per heavy atom. The first-order valence-electron chi connectivity index (χ1n) is 5.77. The van der Waals surface area contributed by atoms with E-state index in [4.69, 9.17) is 14.4 Å². The lowest BCUT2D eigenvalue weighted by molar-refractivity contribution is -1.00. The summed E-state index contributed by atoms with van der Waals surface area (Å²) in [6.07, 6.45) is 0.584. The number of quaternary nitrogens is 1. The Kier molecular flexibility index (Phi) is 7.26. The van der Waals surface area contributed by atoms with Crippen LogP contribution in [-0.4, -0.2) is 30.8 Å². The molecule has 1 aromatic rings. The van der Waals surface area contributed by atoms with Crippen molar-refractivity contribution in [1.82, 2.24) is 0 Å². The summed E-state index contributed by atoms with van der Waals surface area (Å²) in [6.45, 7) is 3.89. The highest BCUT2D eigenvalue weighted by atomic mass is 127. The molecule has 0 aliphatic heterocycles. The third kappa shape index (κ3) is 5.72. The number of hydrogen-bond acceptors (Lipinski definition) is 6. The zero-order chi connectivity index (χ0) is 15.0. The molecule has 0 aromatic heterocycles.